The summed E-state index contributed by atoms with van der Waals surface area (Å²) in [5, 5.41) is 5.64. The molecule has 0 radical (unpaired) electrons. The van der Waals surface area contributed by atoms with Crippen LogP contribution in [-0.2, 0) is 9.59 Å². The van der Waals surface area contributed by atoms with Gasteiger partial charge in [0.2, 0.25) is 0 Å². The molecular formula is C20H14Br2N4O4S2. The number of halogens is 2. The summed E-state index contributed by atoms with van der Waals surface area (Å²) in [7, 11) is 0. The van der Waals surface area contributed by atoms with E-state index in [9.17, 15) is 19.2 Å². The number of hydrogen-bond donors (Lipinski definition) is 2. The fourth-order valence-electron chi connectivity index (χ4n) is 2.77. The van der Waals surface area contributed by atoms with E-state index >= 15 is 0 Å². The maximum atomic E-state index is 12.0. The van der Waals surface area contributed by atoms with E-state index in [1.54, 1.807) is 48.5 Å². The molecule has 0 aromatic heterocycles. The topological polar surface area (TPSA) is 98.8 Å². The summed E-state index contributed by atoms with van der Waals surface area (Å²) in [6.07, 6.45) is 0. The largest absolute Gasteiger partial charge is 0.353 e. The summed E-state index contributed by atoms with van der Waals surface area (Å²) in [5.74, 6) is -1.48. The number of nitrogens with zero attached hydrogens (tertiary/aromatic N) is 2. The van der Waals surface area contributed by atoms with Crippen molar-refractivity contribution in [3.63, 3.8) is 0 Å². The van der Waals surface area contributed by atoms with Crippen LogP contribution < -0.4 is 10.6 Å². The van der Waals surface area contributed by atoms with Gasteiger partial charge in [0.1, 0.15) is 0 Å². The summed E-state index contributed by atoms with van der Waals surface area (Å²) < 4.78 is 1.28. The quantitative estimate of drug-likeness (QED) is 0.403. The van der Waals surface area contributed by atoms with Crippen LogP contribution in [0.4, 0.5) is 0 Å². The van der Waals surface area contributed by atoms with Crippen molar-refractivity contribution < 1.29 is 19.2 Å². The van der Waals surface area contributed by atoms with Gasteiger partial charge in [0, 0.05) is 8.95 Å². The van der Waals surface area contributed by atoms with Crippen LogP contribution in [0.25, 0.3) is 0 Å². The lowest BCUT2D eigenvalue weighted by Crippen LogP contribution is -2.36. The number of hydrogen-bond acceptors (Lipinski definition) is 6. The lowest BCUT2D eigenvalue weighted by atomic mass is 10.2. The number of benzene rings is 2. The van der Waals surface area contributed by atoms with Gasteiger partial charge in [0.15, 0.2) is 10.2 Å². The number of imide groups is 2. The van der Waals surface area contributed by atoms with Crippen LogP contribution in [-0.4, -0.2) is 56.7 Å². The zero-order valence-electron chi connectivity index (χ0n) is 16.1. The van der Waals surface area contributed by atoms with E-state index in [0.717, 1.165) is 9.80 Å². The minimum absolute atomic E-state index is 0.0784. The Morgan fingerprint density at radius 3 is 1.34 bits per heavy atom. The highest BCUT2D eigenvalue weighted by Gasteiger charge is 2.33. The third-order valence-electron chi connectivity index (χ3n) is 4.30. The standard InChI is InChI=1S/2C10H7BrN2O2S/c2*11-7-4-2-1-3-6(7)9(15)13-8(14)5-12-10(13)16/h2*1-4H,5H2,(H,12,16). The molecule has 2 N–H and O–H groups in total. The van der Waals surface area contributed by atoms with Crippen molar-refractivity contribution in [1.29, 1.82) is 0 Å². The molecular weight excluding hydrogens is 584 g/mol. The second-order valence-electron chi connectivity index (χ2n) is 6.35. The van der Waals surface area contributed by atoms with Crippen LogP contribution in [0.3, 0.4) is 0 Å². The van der Waals surface area contributed by atoms with Gasteiger partial charge in [-0.2, -0.15) is 0 Å². The highest BCUT2D eigenvalue weighted by Crippen LogP contribution is 2.20. The molecule has 2 aliphatic heterocycles. The van der Waals surface area contributed by atoms with E-state index < -0.39 is 11.8 Å². The molecule has 4 amide bonds. The molecule has 164 valence electrons. The molecule has 0 aliphatic carbocycles. The van der Waals surface area contributed by atoms with Crippen molar-refractivity contribution in [3.05, 3.63) is 68.6 Å². The first-order valence-electron chi connectivity index (χ1n) is 9.01. The number of thiocarbonyl (C=S) groups is 2. The molecule has 0 saturated carbocycles. The van der Waals surface area contributed by atoms with Gasteiger partial charge in [-0.3, -0.25) is 19.2 Å². The van der Waals surface area contributed by atoms with E-state index in [0.29, 0.717) is 20.1 Å². The number of nitrogens with one attached hydrogen (secondary N) is 2. The summed E-state index contributed by atoms with van der Waals surface area (Å²) >= 11 is 16.3. The predicted molar refractivity (Wildman–Crippen MR) is 132 cm³/mol. The van der Waals surface area contributed by atoms with Crippen molar-refractivity contribution in [3.8, 4) is 0 Å². The molecule has 2 heterocycles. The summed E-state index contributed by atoms with van der Waals surface area (Å²) in [6, 6.07) is 13.8. The van der Waals surface area contributed by atoms with E-state index in [1.165, 1.54) is 0 Å². The Hall–Kier alpha value is -2.54. The molecule has 0 unspecified atom stereocenters. The number of carbonyl (C=O) groups is 4. The molecule has 12 heteroatoms. The SMILES string of the molecule is O=C1CNC(=S)N1C(=O)c1ccccc1Br.O=C1CNC(=S)N1C(=O)c1ccccc1Br. The van der Waals surface area contributed by atoms with Gasteiger partial charge in [-0.05, 0) is 80.6 Å². The molecule has 0 spiro atoms. The molecule has 2 fully saturated rings. The van der Waals surface area contributed by atoms with Crippen molar-refractivity contribution in [2.45, 2.75) is 0 Å². The zero-order valence-corrected chi connectivity index (χ0v) is 20.9. The second kappa shape index (κ2) is 10.4. The summed E-state index contributed by atoms with van der Waals surface area (Å²) in [5.41, 5.74) is 0.837. The van der Waals surface area contributed by atoms with Gasteiger partial charge < -0.3 is 10.6 Å². The third kappa shape index (κ3) is 5.09. The number of amides is 4. The number of carbonyl (C=O) groups excluding carboxylic acids is 4. The lowest BCUT2D eigenvalue weighted by Gasteiger charge is -2.13. The minimum atomic E-state index is -0.410. The van der Waals surface area contributed by atoms with Crippen LogP contribution in [0.2, 0.25) is 0 Å². The Kier molecular flexibility index (Phi) is 7.82. The van der Waals surface area contributed by atoms with Crippen molar-refractivity contribution in [1.82, 2.24) is 20.4 Å². The highest BCUT2D eigenvalue weighted by molar-refractivity contribution is 9.10. The van der Waals surface area contributed by atoms with Gasteiger partial charge in [0.25, 0.3) is 23.6 Å². The highest BCUT2D eigenvalue weighted by atomic mass is 79.9. The maximum Gasteiger partial charge on any atom is 0.268 e. The average Bonchev–Trinajstić information content (AvgIpc) is 3.28. The van der Waals surface area contributed by atoms with Crippen LogP contribution >= 0.6 is 56.3 Å². The Labute approximate surface area is 210 Å². The summed E-state index contributed by atoms with van der Waals surface area (Å²) in [6.45, 7) is 0.157. The molecule has 8 nitrogen and oxygen atoms in total. The first kappa shape index (κ1) is 24.1. The van der Waals surface area contributed by atoms with Crippen molar-refractivity contribution in [2.24, 2.45) is 0 Å². The first-order chi connectivity index (χ1) is 15.2. The van der Waals surface area contributed by atoms with Crippen LogP contribution in [0.1, 0.15) is 20.7 Å². The third-order valence-corrected chi connectivity index (χ3v) is 6.34. The Balaban J connectivity index is 0.000000181. The molecule has 0 atom stereocenters. The zero-order chi connectivity index (χ0) is 23.4. The number of rotatable bonds is 2. The lowest BCUT2D eigenvalue weighted by molar-refractivity contribution is -0.123. The Bertz CT molecular complexity index is 1040. The van der Waals surface area contributed by atoms with Crippen LogP contribution in [0, 0.1) is 0 Å². The minimum Gasteiger partial charge on any atom is -0.353 e. The molecule has 2 saturated heterocycles. The van der Waals surface area contributed by atoms with E-state index in [4.69, 9.17) is 24.4 Å². The second-order valence-corrected chi connectivity index (χ2v) is 8.83. The predicted octanol–water partition coefficient (Wildman–Crippen LogP) is 2.61. The molecule has 2 aliphatic rings. The van der Waals surface area contributed by atoms with Crippen molar-refractivity contribution in [2.75, 3.05) is 13.1 Å². The molecule has 32 heavy (non-hydrogen) atoms. The Morgan fingerprint density at radius 1 is 0.719 bits per heavy atom. The monoisotopic (exact) mass is 596 g/mol. The van der Waals surface area contributed by atoms with E-state index in [1.807, 2.05) is 0 Å². The fraction of sp³-hybridized carbons (Fsp3) is 0.100. The van der Waals surface area contributed by atoms with Gasteiger partial charge in [0.05, 0.1) is 24.2 Å². The molecule has 4 rings (SSSR count). The fourth-order valence-corrected chi connectivity index (χ4v) is 4.19. The van der Waals surface area contributed by atoms with Gasteiger partial charge in [-0.1, -0.05) is 24.3 Å². The van der Waals surface area contributed by atoms with Gasteiger partial charge in [-0.15, -0.1) is 0 Å². The normalized spacial score (nSPS) is 15.2. The molecule has 2 aromatic carbocycles. The Morgan fingerprint density at radius 2 is 1.06 bits per heavy atom. The van der Waals surface area contributed by atoms with Crippen LogP contribution in [0.15, 0.2) is 57.5 Å². The molecule has 2 aromatic rings. The maximum absolute atomic E-state index is 12.0. The van der Waals surface area contributed by atoms with Crippen molar-refractivity contribution >= 4 is 90.1 Å². The molecule has 0 bridgehead atoms. The first-order valence-corrected chi connectivity index (χ1v) is 11.4. The van der Waals surface area contributed by atoms with E-state index in [-0.39, 0.29) is 35.1 Å². The van der Waals surface area contributed by atoms with E-state index in [2.05, 4.69) is 42.5 Å². The smallest absolute Gasteiger partial charge is 0.268 e. The van der Waals surface area contributed by atoms with Crippen LogP contribution in [0.5, 0.6) is 0 Å². The average molecular weight is 598 g/mol. The van der Waals surface area contributed by atoms with Gasteiger partial charge >= 0.3 is 0 Å². The summed E-state index contributed by atoms with van der Waals surface area (Å²) in [4.78, 5) is 48.9. The van der Waals surface area contributed by atoms with Gasteiger partial charge in [-0.25, -0.2) is 9.80 Å².